The van der Waals surface area contributed by atoms with Gasteiger partial charge in [-0.25, -0.2) is 9.78 Å². The van der Waals surface area contributed by atoms with Crippen molar-refractivity contribution < 1.29 is 14.1 Å². The molecule has 0 aliphatic carbocycles. The van der Waals surface area contributed by atoms with Crippen molar-refractivity contribution >= 4 is 34.5 Å². The second-order valence-corrected chi connectivity index (χ2v) is 7.24. The number of carbonyl (C=O) groups excluding carboxylic acids is 1. The number of aromatic nitrogens is 1. The van der Waals surface area contributed by atoms with E-state index in [0.29, 0.717) is 31.7 Å². The molecular weight excluding hydrogens is 336 g/mol. The van der Waals surface area contributed by atoms with Crippen molar-refractivity contribution in [2.24, 2.45) is 4.99 Å². The molecule has 1 aromatic heterocycles. The Hall–Kier alpha value is -1.42. The van der Waals surface area contributed by atoms with E-state index < -0.39 is 11.4 Å². The molecule has 0 radical (unpaired) electrons. The molecule has 2 aliphatic rings. The van der Waals surface area contributed by atoms with Crippen LogP contribution in [0.4, 0.5) is 0 Å². The van der Waals surface area contributed by atoms with Crippen molar-refractivity contribution in [3.05, 3.63) is 27.9 Å². The van der Waals surface area contributed by atoms with Crippen LogP contribution in [0.5, 0.6) is 0 Å². The van der Waals surface area contributed by atoms with E-state index in [9.17, 15) is 9.35 Å². The van der Waals surface area contributed by atoms with Crippen LogP contribution in [-0.4, -0.2) is 58.2 Å². The van der Waals surface area contributed by atoms with Crippen molar-refractivity contribution in [2.75, 3.05) is 26.0 Å². The Morgan fingerprint density at radius 1 is 1.65 bits per heavy atom. The van der Waals surface area contributed by atoms with E-state index in [1.54, 1.807) is 19.4 Å². The van der Waals surface area contributed by atoms with Crippen LogP contribution in [0, 0.1) is 0 Å². The zero-order valence-electron chi connectivity index (χ0n) is 12.9. The van der Waals surface area contributed by atoms with E-state index >= 15 is 0 Å². The van der Waals surface area contributed by atoms with Gasteiger partial charge in [0.1, 0.15) is 6.26 Å². The number of nitrogens with zero attached hydrogens (tertiary/aromatic N) is 3. The lowest BCUT2D eigenvalue weighted by Gasteiger charge is -2.26. The molecule has 1 fully saturated rings. The van der Waals surface area contributed by atoms with E-state index in [-0.39, 0.29) is 12.0 Å². The number of hydrogen-bond acceptors (Lipinski definition) is 8. The average Bonchev–Trinajstić information content (AvgIpc) is 3.14. The standard InChI is InChI=1S/C14H18N4O3S2/c1-3-21-14(19)10-7-16-12(13-15-4-5-22-13)18-8-9(6-11(10)18)17-23(2)20/h4-5,9,17H,3,6-8H2,1-2H3. The molecule has 0 saturated carbocycles. The van der Waals surface area contributed by atoms with Crippen LogP contribution in [0.15, 0.2) is 27.8 Å². The van der Waals surface area contributed by atoms with Gasteiger partial charge < -0.3 is 14.2 Å². The highest BCUT2D eigenvalue weighted by Gasteiger charge is 2.38. The lowest BCUT2D eigenvalue weighted by molar-refractivity contribution is -0.138. The maximum atomic E-state index is 12.2. The number of ether oxygens (including phenoxy) is 1. The van der Waals surface area contributed by atoms with Gasteiger partial charge in [0.2, 0.25) is 0 Å². The van der Waals surface area contributed by atoms with Crippen LogP contribution in [0.1, 0.15) is 18.4 Å². The van der Waals surface area contributed by atoms with Crippen LogP contribution in [0.3, 0.4) is 0 Å². The molecule has 2 atom stereocenters. The molecule has 1 N–H and O–H groups in total. The van der Waals surface area contributed by atoms with Gasteiger partial charge in [0.25, 0.3) is 0 Å². The molecule has 2 aliphatic heterocycles. The fourth-order valence-electron chi connectivity index (χ4n) is 2.80. The summed E-state index contributed by atoms with van der Waals surface area (Å²) >= 11 is 0.400. The van der Waals surface area contributed by atoms with Crippen molar-refractivity contribution in [3.63, 3.8) is 0 Å². The summed E-state index contributed by atoms with van der Waals surface area (Å²) in [6.07, 6.45) is 3.96. The molecule has 0 amide bonds. The Morgan fingerprint density at radius 3 is 3.13 bits per heavy atom. The van der Waals surface area contributed by atoms with Crippen molar-refractivity contribution in [1.29, 1.82) is 0 Å². The molecular formula is C14H18N4O3S2. The summed E-state index contributed by atoms with van der Waals surface area (Å²) in [5, 5.41) is 2.72. The van der Waals surface area contributed by atoms with Crippen molar-refractivity contribution in [1.82, 2.24) is 14.6 Å². The summed E-state index contributed by atoms with van der Waals surface area (Å²) in [4.78, 5) is 23.1. The highest BCUT2D eigenvalue weighted by Crippen LogP contribution is 2.31. The van der Waals surface area contributed by atoms with Gasteiger partial charge in [-0.15, -0.1) is 16.1 Å². The van der Waals surface area contributed by atoms with Crippen molar-refractivity contribution in [2.45, 2.75) is 19.4 Å². The van der Waals surface area contributed by atoms with Gasteiger partial charge in [0.05, 0.1) is 24.8 Å². The predicted molar refractivity (Wildman–Crippen MR) is 89.5 cm³/mol. The lowest BCUT2D eigenvalue weighted by Crippen LogP contribution is -2.39. The first-order valence-electron chi connectivity index (χ1n) is 7.30. The van der Waals surface area contributed by atoms with Crippen LogP contribution < -0.4 is 4.72 Å². The molecule has 3 rings (SSSR count). The van der Waals surface area contributed by atoms with Gasteiger partial charge in [-0.1, -0.05) is 0 Å². The van der Waals surface area contributed by atoms with E-state index in [1.807, 2.05) is 10.3 Å². The maximum absolute atomic E-state index is 12.2. The minimum absolute atomic E-state index is 0.00326. The number of carbonyl (C=O) groups is 1. The summed E-state index contributed by atoms with van der Waals surface area (Å²) in [6.45, 7) is 3.02. The zero-order valence-corrected chi connectivity index (χ0v) is 14.6. The smallest absolute Gasteiger partial charge is 0.337 e. The first-order valence-corrected chi connectivity index (χ1v) is 9.74. The van der Waals surface area contributed by atoms with Gasteiger partial charge in [-0.2, -0.15) is 0 Å². The number of hydrogen-bond donors (Lipinski definition) is 1. The van der Waals surface area contributed by atoms with E-state index in [0.717, 1.165) is 16.5 Å². The molecule has 2 unspecified atom stereocenters. The molecule has 23 heavy (non-hydrogen) atoms. The first kappa shape index (κ1) is 16.4. The second kappa shape index (κ2) is 7.00. The van der Waals surface area contributed by atoms with Gasteiger partial charge in [0, 0.05) is 41.6 Å². The first-order chi connectivity index (χ1) is 11.1. The third-order valence-corrected chi connectivity index (χ3v) is 5.07. The highest BCUT2D eigenvalue weighted by atomic mass is 32.2. The average molecular weight is 354 g/mol. The Kier molecular flexibility index (Phi) is 5.00. The largest absolute Gasteiger partial charge is 0.598 e. The molecule has 0 bridgehead atoms. The quantitative estimate of drug-likeness (QED) is 0.618. The van der Waals surface area contributed by atoms with Crippen LogP contribution in [0.25, 0.3) is 0 Å². The molecule has 124 valence electrons. The lowest BCUT2D eigenvalue weighted by atomic mass is 10.1. The van der Waals surface area contributed by atoms with Crippen LogP contribution in [0.2, 0.25) is 0 Å². The summed E-state index contributed by atoms with van der Waals surface area (Å²) in [7, 11) is 0. The maximum Gasteiger partial charge on any atom is 0.337 e. The fourth-order valence-corrected chi connectivity index (χ4v) is 4.08. The van der Waals surface area contributed by atoms with Gasteiger partial charge in [-0.05, 0) is 6.92 Å². The van der Waals surface area contributed by atoms with Gasteiger partial charge in [-0.3, -0.25) is 4.99 Å². The summed E-state index contributed by atoms with van der Waals surface area (Å²) < 4.78 is 19.6. The molecule has 0 spiro atoms. The molecule has 9 heteroatoms. The Bertz CT molecular complexity index is 642. The number of esters is 1. The summed E-state index contributed by atoms with van der Waals surface area (Å²) in [5.74, 6) is 0.446. The van der Waals surface area contributed by atoms with E-state index in [2.05, 4.69) is 14.7 Å². The Labute approximate surface area is 141 Å². The summed E-state index contributed by atoms with van der Waals surface area (Å²) in [5.41, 5.74) is 1.48. The minimum atomic E-state index is -1.11. The van der Waals surface area contributed by atoms with Gasteiger partial charge >= 0.3 is 5.97 Å². The van der Waals surface area contributed by atoms with Crippen LogP contribution >= 0.6 is 11.3 Å². The topological polar surface area (TPSA) is 89.9 Å². The second-order valence-electron chi connectivity index (χ2n) is 5.21. The number of rotatable bonds is 5. The van der Waals surface area contributed by atoms with E-state index in [1.165, 1.54) is 11.3 Å². The number of nitrogens with one attached hydrogen (secondary N) is 1. The predicted octanol–water partition coefficient (Wildman–Crippen LogP) is 0.678. The highest BCUT2D eigenvalue weighted by molar-refractivity contribution is 7.88. The minimum Gasteiger partial charge on any atom is -0.598 e. The zero-order chi connectivity index (χ0) is 16.4. The number of aliphatic imine (C=N–C) groups is 1. The van der Waals surface area contributed by atoms with Crippen LogP contribution in [-0.2, 0) is 20.9 Å². The normalized spacial score (nSPS) is 22.0. The molecule has 1 aromatic rings. The monoisotopic (exact) mass is 354 g/mol. The van der Waals surface area contributed by atoms with Crippen molar-refractivity contribution in [3.8, 4) is 0 Å². The van der Waals surface area contributed by atoms with Gasteiger partial charge in [0.15, 0.2) is 10.8 Å². The fraction of sp³-hybridized carbons (Fsp3) is 0.500. The third-order valence-electron chi connectivity index (χ3n) is 3.64. The Morgan fingerprint density at radius 2 is 2.48 bits per heavy atom. The molecule has 0 aromatic carbocycles. The van der Waals surface area contributed by atoms with E-state index in [4.69, 9.17) is 4.74 Å². The molecule has 3 heterocycles. The number of fused-ring (bicyclic) bond motifs is 1. The molecule has 1 saturated heterocycles. The summed E-state index contributed by atoms with van der Waals surface area (Å²) in [6, 6.07) is 0.00326. The third kappa shape index (κ3) is 3.42. The Balaban J connectivity index is 1.91. The molecule has 7 nitrogen and oxygen atoms in total. The number of amidine groups is 1. The number of thiazole rings is 1. The SMILES string of the molecule is CCOC(=O)C1=C2CC(N[S+](C)[O-])CN2C(c2nccs2)=NC1.